The minimum atomic E-state index is -0.176. The molecule has 0 heterocycles. The fraction of sp³-hybridized carbons (Fsp3) is 0.333. The van der Waals surface area contributed by atoms with Crippen molar-refractivity contribution in [2.24, 2.45) is 0 Å². The summed E-state index contributed by atoms with van der Waals surface area (Å²) in [6.07, 6.45) is 0. The maximum absolute atomic E-state index is 11.7. The molecule has 4 heteroatoms. The van der Waals surface area contributed by atoms with Crippen LogP contribution < -0.4 is 5.32 Å². The molecule has 0 saturated carbocycles. The molecular formula is C12H15N3O. The average molecular weight is 217 g/mol. The van der Waals surface area contributed by atoms with E-state index >= 15 is 0 Å². The highest BCUT2D eigenvalue weighted by molar-refractivity contribution is 5.89. The second-order valence-electron chi connectivity index (χ2n) is 3.83. The van der Waals surface area contributed by atoms with E-state index in [2.05, 4.69) is 5.32 Å². The minimum Gasteiger partial charge on any atom is -0.325 e. The highest BCUT2D eigenvalue weighted by Crippen LogP contribution is 2.10. The summed E-state index contributed by atoms with van der Waals surface area (Å²) in [6, 6.07) is 8.83. The number of hydrogen-bond acceptors (Lipinski definition) is 2. The maximum Gasteiger partial charge on any atom is 0.321 e. The number of carbonyl (C=O) groups is 1. The van der Waals surface area contributed by atoms with Crippen molar-refractivity contribution in [2.75, 3.05) is 12.4 Å². The van der Waals surface area contributed by atoms with Gasteiger partial charge in [0.1, 0.15) is 0 Å². The molecule has 0 fully saturated rings. The van der Waals surface area contributed by atoms with Gasteiger partial charge in [0.05, 0.1) is 11.6 Å². The van der Waals surface area contributed by atoms with Gasteiger partial charge in [-0.2, -0.15) is 5.26 Å². The lowest BCUT2D eigenvalue weighted by Crippen LogP contribution is -2.36. The van der Waals surface area contributed by atoms with Crippen molar-refractivity contribution in [3.8, 4) is 6.07 Å². The Hall–Kier alpha value is -2.02. The summed E-state index contributed by atoms with van der Waals surface area (Å²) >= 11 is 0. The van der Waals surface area contributed by atoms with E-state index in [0.717, 1.165) is 0 Å². The Morgan fingerprint density at radius 3 is 2.75 bits per heavy atom. The Morgan fingerprint density at radius 1 is 1.50 bits per heavy atom. The van der Waals surface area contributed by atoms with E-state index in [4.69, 9.17) is 5.26 Å². The lowest BCUT2D eigenvalue weighted by molar-refractivity contribution is 0.211. The summed E-state index contributed by atoms with van der Waals surface area (Å²) < 4.78 is 0. The summed E-state index contributed by atoms with van der Waals surface area (Å²) in [5.41, 5.74) is 1.17. The lowest BCUT2D eigenvalue weighted by atomic mass is 10.2. The molecule has 0 radical (unpaired) electrons. The first-order chi connectivity index (χ1) is 7.54. The van der Waals surface area contributed by atoms with E-state index in [1.807, 2.05) is 19.9 Å². The number of amides is 2. The van der Waals surface area contributed by atoms with Crippen LogP contribution in [0.4, 0.5) is 10.5 Å². The molecule has 0 aliphatic carbocycles. The molecule has 1 aromatic rings. The Bertz CT molecular complexity index is 421. The number of benzene rings is 1. The third-order valence-electron chi connectivity index (χ3n) is 2.34. The maximum atomic E-state index is 11.7. The number of hydrogen-bond donors (Lipinski definition) is 1. The minimum absolute atomic E-state index is 0.138. The molecule has 1 N–H and O–H groups in total. The molecule has 0 spiro atoms. The van der Waals surface area contributed by atoms with Crippen LogP contribution in [0.5, 0.6) is 0 Å². The summed E-state index contributed by atoms with van der Waals surface area (Å²) in [5.74, 6) is 0. The van der Waals surface area contributed by atoms with Crippen molar-refractivity contribution >= 4 is 11.7 Å². The van der Waals surface area contributed by atoms with Gasteiger partial charge >= 0.3 is 6.03 Å². The molecule has 4 nitrogen and oxygen atoms in total. The molecule has 0 atom stereocenters. The van der Waals surface area contributed by atoms with Crippen LogP contribution in [0, 0.1) is 11.3 Å². The number of urea groups is 1. The predicted molar refractivity (Wildman–Crippen MR) is 63.1 cm³/mol. The van der Waals surface area contributed by atoms with Crippen LogP contribution in [0.2, 0.25) is 0 Å². The van der Waals surface area contributed by atoms with Gasteiger partial charge in [0.25, 0.3) is 0 Å². The van der Waals surface area contributed by atoms with E-state index in [1.54, 1.807) is 36.2 Å². The Balaban J connectivity index is 2.74. The van der Waals surface area contributed by atoms with E-state index in [0.29, 0.717) is 11.3 Å². The number of nitrogens with one attached hydrogen (secondary N) is 1. The van der Waals surface area contributed by atoms with E-state index in [9.17, 15) is 4.79 Å². The first kappa shape index (κ1) is 12.1. The highest BCUT2D eigenvalue weighted by atomic mass is 16.2. The topological polar surface area (TPSA) is 56.1 Å². The van der Waals surface area contributed by atoms with Gasteiger partial charge in [-0.3, -0.25) is 0 Å². The SMILES string of the molecule is CC(C)N(C)C(=O)Nc1cccc(C#N)c1. The number of nitrogens with zero attached hydrogens (tertiary/aromatic N) is 2. The van der Waals surface area contributed by atoms with Gasteiger partial charge in [-0.1, -0.05) is 6.07 Å². The third-order valence-corrected chi connectivity index (χ3v) is 2.34. The van der Waals surface area contributed by atoms with Crippen molar-refractivity contribution < 1.29 is 4.79 Å². The van der Waals surface area contributed by atoms with Crippen LogP contribution in [0.1, 0.15) is 19.4 Å². The zero-order valence-corrected chi connectivity index (χ0v) is 9.69. The number of rotatable bonds is 2. The van der Waals surface area contributed by atoms with Crippen molar-refractivity contribution in [1.82, 2.24) is 4.90 Å². The highest BCUT2D eigenvalue weighted by Gasteiger charge is 2.11. The van der Waals surface area contributed by atoms with Crippen LogP contribution in [-0.4, -0.2) is 24.0 Å². The molecule has 1 aromatic carbocycles. The molecule has 0 saturated heterocycles. The smallest absolute Gasteiger partial charge is 0.321 e. The first-order valence-corrected chi connectivity index (χ1v) is 5.08. The predicted octanol–water partition coefficient (Wildman–Crippen LogP) is 2.43. The summed E-state index contributed by atoms with van der Waals surface area (Å²) in [6.45, 7) is 3.87. The standard InChI is InChI=1S/C12H15N3O/c1-9(2)15(3)12(16)14-11-6-4-5-10(7-11)8-13/h4-7,9H,1-3H3,(H,14,16). The fourth-order valence-electron chi connectivity index (χ4n) is 1.11. The summed E-state index contributed by atoms with van der Waals surface area (Å²) in [5, 5.41) is 11.5. The molecule has 0 aromatic heterocycles. The zero-order chi connectivity index (χ0) is 12.1. The van der Waals surface area contributed by atoms with Crippen LogP contribution in [0.15, 0.2) is 24.3 Å². The Kier molecular flexibility index (Phi) is 3.90. The van der Waals surface area contributed by atoms with Crippen LogP contribution in [0.25, 0.3) is 0 Å². The number of carbonyl (C=O) groups excluding carboxylic acids is 1. The number of anilines is 1. The quantitative estimate of drug-likeness (QED) is 0.827. The Labute approximate surface area is 95.5 Å². The Morgan fingerprint density at radius 2 is 2.19 bits per heavy atom. The zero-order valence-electron chi connectivity index (χ0n) is 9.69. The molecule has 0 unspecified atom stereocenters. The normalized spacial score (nSPS) is 9.69. The summed E-state index contributed by atoms with van der Waals surface area (Å²) in [4.78, 5) is 13.3. The lowest BCUT2D eigenvalue weighted by Gasteiger charge is -2.21. The van der Waals surface area contributed by atoms with Gasteiger partial charge in [0.15, 0.2) is 0 Å². The monoisotopic (exact) mass is 217 g/mol. The second-order valence-corrected chi connectivity index (χ2v) is 3.83. The van der Waals surface area contributed by atoms with Gasteiger partial charge in [-0.05, 0) is 32.0 Å². The van der Waals surface area contributed by atoms with Crippen molar-refractivity contribution in [3.05, 3.63) is 29.8 Å². The third kappa shape index (κ3) is 2.99. The number of nitriles is 1. The van der Waals surface area contributed by atoms with Crippen molar-refractivity contribution in [3.63, 3.8) is 0 Å². The second kappa shape index (κ2) is 5.17. The first-order valence-electron chi connectivity index (χ1n) is 5.08. The molecule has 0 bridgehead atoms. The van der Waals surface area contributed by atoms with Crippen LogP contribution in [0.3, 0.4) is 0 Å². The molecule has 16 heavy (non-hydrogen) atoms. The van der Waals surface area contributed by atoms with Crippen LogP contribution >= 0.6 is 0 Å². The van der Waals surface area contributed by atoms with E-state index < -0.39 is 0 Å². The largest absolute Gasteiger partial charge is 0.325 e. The fourth-order valence-corrected chi connectivity index (χ4v) is 1.11. The molecule has 2 amide bonds. The molecule has 0 aliphatic heterocycles. The van der Waals surface area contributed by atoms with Gasteiger partial charge in [-0.25, -0.2) is 4.79 Å². The molecule has 1 rings (SSSR count). The van der Waals surface area contributed by atoms with Gasteiger partial charge < -0.3 is 10.2 Å². The van der Waals surface area contributed by atoms with E-state index in [1.165, 1.54) is 0 Å². The van der Waals surface area contributed by atoms with Crippen molar-refractivity contribution in [1.29, 1.82) is 5.26 Å². The molecular weight excluding hydrogens is 202 g/mol. The molecule has 0 aliphatic rings. The van der Waals surface area contributed by atoms with Crippen molar-refractivity contribution in [2.45, 2.75) is 19.9 Å². The van der Waals surface area contributed by atoms with Crippen LogP contribution in [-0.2, 0) is 0 Å². The van der Waals surface area contributed by atoms with Gasteiger partial charge in [-0.15, -0.1) is 0 Å². The van der Waals surface area contributed by atoms with E-state index in [-0.39, 0.29) is 12.1 Å². The molecule has 84 valence electrons. The summed E-state index contributed by atoms with van der Waals surface area (Å²) in [7, 11) is 1.73. The average Bonchev–Trinajstić information content (AvgIpc) is 2.28. The van der Waals surface area contributed by atoms with Gasteiger partial charge in [0, 0.05) is 18.8 Å². The van der Waals surface area contributed by atoms with Gasteiger partial charge in [0.2, 0.25) is 0 Å².